The number of ether oxygens (including phenoxy) is 2. The van der Waals surface area contributed by atoms with Crippen LogP contribution in [-0.4, -0.2) is 51.6 Å². The van der Waals surface area contributed by atoms with Gasteiger partial charge in [-0.15, -0.1) is 10.2 Å². The van der Waals surface area contributed by atoms with Gasteiger partial charge in [-0.3, -0.25) is 4.79 Å². The van der Waals surface area contributed by atoms with Crippen molar-refractivity contribution >= 4 is 17.7 Å². The largest absolute Gasteiger partial charge is 0.497 e. The molecule has 0 saturated heterocycles. The molecule has 1 saturated carbocycles. The van der Waals surface area contributed by atoms with Crippen LogP contribution in [0.2, 0.25) is 0 Å². The molecule has 9 heteroatoms. The summed E-state index contributed by atoms with van der Waals surface area (Å²) < 4.78 is 12.3. The molecular formula is C20H29N5O3S. The lowest BCUT2D eigenvalue weighted by Gasteiger charge is -2.33. The number of thioether (sulfide) groups is 1. The summed E-state index contributed by atoms with van der Waals surface area (Å²) in [5.41, 5.74) is 0. The van der Waals surface area contributed by atoms with Gasteiger partial charge in [-0.25, -0.2) is 4.68 Å². The van der Waals surface area contributed by atoms with Gasteiger partial charge in [-0.05, 0) is 43.7 Å². The van der Waals surface area contributed by atoms with Gasteiger partial charge < -0.3 is 20.2 Å². The lowest BCUT2D eigenvalue weighted by molar-refractivity contribution is -0.129. The molecule has 2 aromatic rings. The Bertz CT molecular complexity index is 820. The Balaban J connectivity index is 1.50. The SMILES string of the molecule is COc1cccc(OCc2nnc(SCC(=O)N(C)C3CCC(C)CC3)n2N)c1. The van der Waals surface area contributed by atoms with Crippen LogP contribution in [0.1, 0.15) is 38.4 Å². The van der Waals surface area contributed by atoms with Crippen LogP contribution >= 0.6 is 11.8 Å². The summed E-state index contributed by atoms with van der Waals surface area (Å²) >= 11 is 1.29. The topological polar surface area (TPSA) is 95.5 Å². The van der Waals surface area contributed by atoms with Crippen LogP contribution in [0.4, 0.5) is 0 Å². The number of hydrogen-bond acceptors (Lipinski definition) is 7. The zero-order valence-electron chi connectivity index (χ0n) is 17.2. The minimum absolute atomic E-state index is 0.0896. The fourth-order valence-electron chi connectivity index (χ4n) is 3.40. The first kappa shape index (κ1) is 21.3. The molecule has 1 aliphatic rings. The van der Waals surface area contributed by atoms with E-state index in [4.69, 9.17) is 15.3 Å². The predicted octanol–water partition coefficient (Wildman–Crippen LogP) is 2.71. The van der Waals surface area contributed by atoms with Gasteiger partial charge in [0.1, 0.15) is 18.1 Å². The minimum Gasteiger partial charge on any atom is -0.497 e. The molecule has 1 aromatic heterocycles. The fourth-order valence-corrected chi connectivity index (χ4v) is 4.20. The summed E-state index contributed by atoms with van der Waals surface area (Å²) in [6, 6.07) is 7.64. The number of carbonyl (C=O) groups is 1. The molecular weight excluding hydrogens is 390 g/mol. The molecule has 158 valence electrons. The molecule has 8 nitrogen and oxygen atoms in total. The molecule has 0 unspecified atom stereocenters. The van der Waals surface area contributed by atoms with Crippen molar-refractivity contribution < 1.29 is 14.3 Å². The van der Waals surface area contributed by atoms with Crippen LogP contribution in [0, 0.1) is 5.92 Å². The number of nitrogens with two attached hydrogens (primary N) is 1. The highest BCUT2D eigenvalue weighted by atomic mass is 32.2. The lowest BCUT2D eigenvalue weighted by Crippen LogP contribution is -2.40. The first-order chi connectivity index (χ1) is 14.0. The van der Waals surface area contributed by atoms with E-state index in [9.17, 15) is 4.79 Å². The van der Waals surface area contributed by atoms with Gasteiger partial charge in [0.15, 0.2) is 5.82 Å². The van der Waals surface area contributed by atoms with Gasteiger partial charge >= 0.3 is 0 Å². The van der Waals surface area contributed by atoms with Gasteiger partial charge in [-0.1, -0.05) is 24.8 Å². The quantitative estimate of drug-likeness (QED) is 0.519. The number of hydrogen-bond donors (Lipinski definition) is 1. The second-order valence-electron chi connectivity index (χ2n) is 7.44. The number of carbonyl (C=O) groups excluding carboxylic acids is 1. The van der Waals surface area contributed by atoms with Crippen LogP contribution in [-0.2, 0) is 11.4 Å². The fraction of sp³-hybridized carbons (Fsp3) is 0.550. The number of nitrogen functional groups attached to an aromatic ring is 1. The Morgan fingerprint density at radius 1 is 1.28 bits per heavy atom. The van der Waals surface area contributed by atoms with E-state index in [1.165, 1.54) is 29.3 Å². The predicted molar refractivity (Wildman–Crippen MR) is 112 cm³/mol. The number of nitrogens with zero attached hydrogens (tertiary/aromatic N) is 4. The van der Waals surface area contributed by atoms with E-state index >= 15 is 0 Å². The minimum atomic E-state index is 0.0896. The lowest BCUT2D eigenvalue weighted by atomic mass is 9.87. The summed E-state index contributed by atoms with van der Waals surface area (Å²) in [6.45, 7) is 2.45. The summed E-state index contributed by atoms with van der Waals surface area (Å²) in [5.74, 6) is 9.07. The number of rotatable bonds is 8. The maximum atomic E-state index is 12.6. The van der Waals surface area contributed by atoms with Crippen LogP contribution < -0.4 is 15.3 Å². The third-order valence-corrected chi connectivity index (χ3v) is 6.32. The van der Waals surface area contributed by atoms with Crippen LogP contribution in [0.15, 0.2) is 29.4 Å². The smallest absolute Gasteiger partial charge is 0.233 e. The number of amides is 1. The molecule has 1 aliphatic carbocycles. The molecule has 2 N–H and O–H groups in total. The Morgan fingerprint density at radius 3 is 2.72 bits per heavy atom. The first-order valence-corrected chi connectivity index (χ1v) is 10.8. The molecule has 0 atom stereocenters. The molecule has 0 spiro atoms. The highest BCUT2D eigenvalue weighted by Crippen LogP contribution is 2.27. The molecule has 0 aliphatic heterocycles. The normalized spacial score (nSPS) is 19.0. The van der Waals surface area contributed by atoms with E-state index in [0.717, 1.165) is 18.8 Å². The van der Waals surface area contributed by atoms with Crippen molar-refractivity contribution in [2.45, 2.75) is 50.4 Å². The van der Waals surface area contributed by atoms with E-state index < -0.39 is 0 Å². The van der Waals surface area contributed by atoms with Crippen molar-refractivity contribution in [2.75, 3.05) is 25.8 Å². The maximum Gasteiger partial charge on any atom is 0.233 e. The molecule has 0 radical (unpaired) electrons. The maximum absolute atomic E-state index is 12.6. The number of aromatic nitrogens is 3. The molecule has 0 bridgehead atoms. The standard InChI is InChI=1S/C20H29N5O3S/c1-14-7-9-15(10-8-14)24(2)19(26)13-29-20-23-22-18(25(20)21)12-28-17-6-4-5-16(11-17)27-3/h4-6,11,14-15H,7-10,12-13,21H2,1-3H3. The van der Waals surface area contributed by atoms with Gasteiger partial charge in [-0.2, -0.15) is 0 Å². The van der Waals surface area contributed by atoms with Gasteiger partial charge in [0.2, 0.25) is 11.1 Å². The van der Waals surface area contributed by atoms with E-state index in [-0.39, 0.29) is 18.3 Å². The van der Waals surface area contributed by atoms with Gasteiger partial charge in [0.05, 0.1) is 12.9 Å². The van der Waals surface area contributed by atoms with Crippen molar-refractivity contribution in [3.63, 3.8) is 0 Å². The summed E-state index contributed by atoms with van der Waals surface area (Å²) in [4.78, 5) is 14.4. The van der Waals surface area contributed by atoms with Crippen molar-refractivity contribution in [2.24, 2.45) is 5.92 Å². The highest BCUT2D eigenvalue weighted by molar-refractivity contribution is 7.99. The average Bonchev–Trinajstić information content (AvgIpc) is 3.10. The highest BCUT2D eigenvalue weighted by Gasteiger charge is 2.25. The number of methoxy groups -OCH3 is 1. The van der Waals surface area contributed by atoms with Crippen molar-refractivity contribution in [3.05, 3.63) is 30.1 Å². The van der Waals surface area contributed by atoms with Gasteiger partial charge in [0, 0.05) is 19.2 Å². The average molecular weight is 420 g/mol. The summed E-state index contributed by atoms with van der Waals surface area (Å²) in [7, 11) is 3.50. The second kappa shape index (κ2) is 9.87. The Kier molecular flexibility index (Phi) is 7.24. The van der Waals surface area contributed by atoms with Crippen LogP contribution in [0.5, 0.6) is 11.5 Å². The zero-order valence-corrected chi connectivity index (χ0v) is 18.0. The van der Waals surface area contributed by atoms with E-state index in [0.29, 0.717) is 28.5 Å². The molecule has 1 aromatic carbocycles. The molecule has 3 rings (SSSR count). The molecule has 1 fully saturated rings. The first-order valence-electron chi connectivity index (χ1n) is 9.82. The van der Waals surface area contributed by atoms with Gasteiger partial charge in [0.25, 0.3) is 0 Å². The van der Waals surface area contributed by atoms with E-state index in [1.54, 1.807) is 13.2 Å². The Labute approximate surface area is 175 Å². The molecule has 1 heterocycles. The Morgan fingerprint density at radius 2 is 2.00 bits per heavy atom. The van der Waals surface area contributed by atoms with E-state index in [2.05, 4.69) is 17.1 Å². The Hall–Kier alpha value is -2.42. The molecule has 29 heavy (non-hydrogen) atoms. The third-order valence-electron chi connectivity index (χ3n) is 5.40. The second-order valence-corrected chi connectivity index (χ2v) is 8.39. The van der Waals surface area contributed by atoms with E-state index in [1.807, 2.05) is 30.1 Å². The summed E-state index contributed by atoms with van der Waals surface area (Å²) in [6.07, 6.45) is 4.52. The van der Waals surface area contributed by atoms with Crippen LogP contribution in [0.25, 0.3) is 0 Å². The van der Waals surface area contributed by atoms with Crippen molar-refractivity contribution in [1.29, 1.82) is 0 Å². The summed E-state index contributed by atoms with van der Waals surface area (Å²) in [5, 5.41) is 8.67. The zero-order chi connectivity index (χ0) is 20.8. The molecule has 1 amide bonds. The third kappa shape index (κ3) is 5.56. The number of benzene rings is 1. The van der Waals surface area contributed by atoms with Crippen LogP contribution in [0.3, 0.4) is 0 Å². The van der Waals surface area contributed by atoms with Crippen molar-refractivity contribution in [1.82, 2.24) is 19.8 Å². The monoisotopic (exact) mass is 419 g/mol. The van der Waals surface area contributed by atoms with Crippen molar-refractivity contribution in [3.8, 4) is 11.5 Å².